The number of para-hydroxylation sites is 1. The van der Waals surface area contributed by atoms with E-state index >= 15 is 0 Å². The lowest BCUT2D eigenvalue weighted by atomic mass is 10.1. The molecule has 0 unspecified atom stereocenters. The van der Waals surface area contributed by atoms with Crippen LogP contribution in [0.25, 0.3) is 10.9 Å². The second-order valence-corrected chi connectivity index (χ2v) is 4.86. The van der Waals surface area contributed by atoms with Gasteiger partial charge < -0.3 is 4.90 Å². The van der Waals surface area contributed by atoms with Gasteiger partial charge in [0.25, 0.3) is 0 Å². The van der Waals surface area contributed by atoms with E-state index in [1.165, 1.54) is 0 Å². The van der Waals surface area contributed by atoms with Crippen LogP contribution in [-0.2, 0) is 0 Å². The van der Waals surface area contributed by atoms with Crippen LogP contribution in [0.2, 0.25) is 0 Å². The molecule has 18 heavy (non-hydrogen) atoms. The third kappa shape index (κ3) is 1.86. The first-order valence-electron chi connectivity index (χ1n) is 6.47. The molecule has 92 valence electrons. The zero-order valence-electron chi connectivity index (χ0n) is 10.6. The fourth-order valence-electron chi connectivity index (χ4n) is 2.54. The van der Waals surface area contributed by atoms with Crippen molar-refractivity contribution in [1.29, 1.82) is 5.41 Å². The Morgan fingerprint density at radius 2 is 2.06 bits per heavy atom. The van der Waals surface area contributed by atoms with Crippen molar-refractivity contribution in [2.75, 3.05) is 11.4 Å². The summed E-state index contributed by atoms with van der Waals surface area (Å²) in [7, 11) is 0. The molecule has 0 aliphatic carbocycles. The lowest BCUT2D eigenvalue weighted by molar-refractivity contribution is 0.708. The Morgan fingerprint density at radius 3 is 2.89 bits per heavy atom. The minimum Gasteiger partial charge on any atom is -0.328 e. The largest absolute Gasteiger partial charge is 0.328 e. The first-order valence-corrected chi connectivity index (χ1v) is 6.47. The number of fused-ring (bicyclic) bond motifs is 1. The molecule has 0 saturated carbocycles. The third-order valence-electron chi connectivity index (χ3n) is 3.50. The van der Waals surface area contributed by atoms with Crippen LogP contribution in [0.4, 0.5) is 5.69 Å². The van der Waals surface area contributed by atoms with Crippen molar-refractivity contribution in [3.63, 3.8) is 0 Å². The van der Waals surface area contributed by atoms with E-state index in [0.29, 0.717) is 0 Å². The van der Waals surface area contributed by atoms with E-state index in [2.05, 4.69) is 34.1 Å². The number of rotatable bonds is 1. The number of aromatic nitrogens is 1. The number of hydrogen-bond acceptors (Lipinski definition) is 2. The van der Waals surface area contributed by atoms with Gasteiger partial charge in [0.15, 0.2) is 0 Å². The van der Waals surface area contributed by atoms with Gasteiger partial charge in [-0.05, 0) is 31.9 Å². The second kappa shape index (κ2) is 4.41. The van der Waals surface area contributed by atoms with Crippen LogP contribution in [0.15, 0.2) is 30.3 Å². The molecular weight excluding hydrogens is 222 g/mol. The van der Waals surface area contributed by atoms with Crippen LogP contribution in [0.5, 0.6) is 0 Å². The van der Waals surface area contributed by atoms with Crippen molar-refractivity contribution >= 4 is 22.4 Å². The molecule has 1 aromatic heterocycles. The molecule has 2 aromatic rings. The van der Waals surface area contributed by atoms with E-state index in [1.807, 2.05) is 13.0 Å². The summed E-state index contributed by atoms with van der Waals surface area (Å²) in [6.07, 6.45) is 3.17. The monoisotopic (exact) mass is 239 g/mol. The fraction of sp³-hybridized carbons (Fsp3) is 0.333. The summed E-state index contributed by atoms with van der Waals surface area (Å²) >= 11 is 0. The molecule has 3 nitrogen and oxygen atoms in total. The van der Waals surface area contributed by atoms with Gasteiger partial charge in [-0.3, -0.25) is 10.4 Å². The zero-order chi connectivity index (χ0) is 12.5. The van der Waals surface area contributed by atoms with Crippen LogP contribution >= 0.6 is 0 Å². The maximum Gasteiger partial charge on any atom is 0.100 e. The number of amidine groups is 1. The third-order valence-corrected chi connectivity index (χ3v) is 3.50. The minimum atomic E-state index is 0.719. The smallest absolute Gasteiger partial charge is 0.100 e. The highest BCUT2D eigenvalue weighted by Gasteiger charge is 2.18. The first kappa shape index (κ1) is 11.2. The summed E-state index contributed by atoms with van der Waals surface area (Å²) < 4.78 is 0. The molecular formula is C15H17N3. The number of benzene rings is 1. The molecule has 1 fully saturated rings. The van der Waals surface area contributed by atoms with E-state index in [4.69, 9.17) is 5.41 Å². The molecule has 0 radical (unpaired) electrons. The van der Waals surface area contributed by atoms with Crippen LogP contribution in [0.1, 0.15) is 25.0 Å². The van der Waals surface area contributed by atoms with Gasteiger partial charge in [0.2, 0.25) is 0 Å². The molecule has 2 heterocycles. The molecule has 1 saturated heterocycles. The molecule has 1 aliphatic rings. The summed E-state index contributed by atoms with van der Waals surface area (Å²) in [5, 5.41) is 9.26. The van der Waals surface area contributed by atoms with Crippen LogP contribution in [0.3, 0.4) is 0 Å². The van der Waals surface area contributed by atoms with Gasteiger partial charge in [0.05, 0.1) is 11.2 Å². The molecule has 0 spiro atoms. The summed E-state index contributed by atoms with van der Waals surface area (Å²) in [5.41, 5.74) is 3.13. The van der Waals surface area contributed by atoms with Gasteiger partial charge in [-0.15, -0.1) is 0 Å². The maximum absolute atomic E-state index is 8.11. The lowest BCUT2D eigenvalue weighted by Crippen LogP contribution is -2.34. The average Bonchev–Trinajstić information content (AvgIpc) is 2.39. The Labute approximate surface area is 107 Å². The number of hydrogen-bond donors (Lipinski definition) is 1. The van der Waals surface area contributed by atoms with Gasteiger partial charge in [0, 0.05) is 24.0 Å². The van der Waals surface area contributed by atoms with Crippen molar-refractivity contribution in [3.05, 3.63) is 36.0 Å². The number of piperidine rings is 1. The highest BCUT2D eigenvalue weighted by Crippen LogP contribution is 2.28. The van der Waals surface area contributed by atoms with Crippen molar-refractivity contribution in [1.82, 2.24) is 4.98 Å². The van der Waals surface area contributed by atoms with Crippen molar-refractivity contribution in [3.8, 4) is 0 Å². The highest BCUT2D eigenvalue weighted by atomic mass is 15.2. The quantitative estimate of drug-likeness (QED) is 0.827. The molecule has 3 rings (SSSR count). The van der Waals surface area contributed by atoms with E-state index in [0.717, 1.165) is 53.9 Å². The van der Waals surface area contributed by atoms with Crippen molar-refractivity contribution in [2.24, 2.45) is 0 Å². The Hall–Kier alpha value is -1.90. The maximum atomic E-state index is 8.11. The van der Waals surface area contributed by atoms with Crippen LogP contribution in [-0.4, -0.2) is 17.4 Å². The SMILES string of the molecule is Cc1ccc2cccc(N3CCCCC3=N)c2n1. The zero-order valence-corrected chi connectivity index (χ0v) is 10.6. The first-order chi connectivity index (χ1) is 8.75. The second-order valence-electron chi connectivity index (χ2n) is 4.86. The normalized spacial score (nSPS) is 16.3. The predicted octanol–water partition coefficient (Wildman–Crippen LogP) is 3.51. The van der Waals surface area contributed by atoms with Crippen molar-refractivity contribution in [2.45, 2.75) is 26.2 Å². The minimum absolute atomic E-state index is 0.719. The molecule has 1 aromatic carbocycles. The van der Waals surface area contributed by atoms with E-state index in [1.54, 1.807) is 0 Å². The van der Waals surface area contributed by atoms with E-state index < -0.39 is 0 Å². The Kier molecular flexibility index (Phi) is 2.74. The summed E-state index contributed by atoms with van der Waals surface area (Å²) in [4.78, 5) is 6.76. The Balaban J connectivity index is 2.15. The Morgan fingerprint density at radius 1 is 1.17 bits per heavy atom. The van der Waals surface area contributed by atoms with Crippen molar-refractivity contribution < 1.29 is 0 Å². The summed E-state index contributed by atoms with van der Waals surface area (Å²) in [6.45, 7) is 2.95. The lowest BCUT2D eigenvalue weighted by Gasteiger charge is -2.30. The van der Waals surface area contributed by atoms with Crippen LogP contribution in [0, 0.1) is 12.3 Å². The van der Waals surface area contributed by atoms with Gasteiger partial charge in [-0.2, -0.15) is 0 Å². The summed E-state index contributed by atoms with van der Waals surface area (Å²) in [6, 6.07) is 10.4. The fourth-order valence-corrected chi connectivity index (χ4v) is 2.54. The van der Waals surface area contributed by atoms with Gasteiger partial charge in [-0.1, -0.05) is 18.2 Å². The van der Waals surface area contributed by atoms with Crippen LogP contribution < -0.4 is 4.90 Å². The number of pyridine rings is 1. The molecule has 1 aliphatic heterocycles. The summed E-state index contributed by atoms with van der Waals surface area (Å²) in [5.74, 6) is 0.719. The highest BCUT2D eigenvalue weighted by molar-refractivity contribution is 6.03. The molecule has 0 amide bonds. The molecule has 0 atom stereocenters. The number of aryl methyl sites for hydroxylation is 1. The average molecular weight is 239 g/mol. The number of nitrogens with zero attached hydrogens (tertiary/aromatic N) is 2. The Bertz CT molecular complexity index is 604. The van der Waals surface area contributed by atoms with E-state index in [-0.39, 0.29) is 0 Å². The predicted molar refractivity (Wildman–Crippen MR) is 75.4 cm³/mol. The molecule has 3 heteroatoms. The molecule has 1 N–H and O–H groups in total. The standard InChI is InChI=1S/C15H17N3/c1-11-8-9-12-5-4-6-13(15(12)17-11)18-10-3-2-7-14(18)16/h4-6,8-9,16H,2-3,7,10H2,1H3. The van der Waals surface area contributed by atoms with Gasteiger partial charge in [-0.25, -0.2) is 0 Å². The van der Waals surface area contributed by atoms with Gasteiger partial charge in [0.1, 0.15) is 5.84 Å². The number of anilines is 1. The topological polar surface area (TPSA) is 40.0 Å². The molecule has 0 bridgehead atoms. The van der Waals surface area contributed by atoms with Gasteiger partial charge >= 0.3 is 0 Å². The van der Waals surface area contributed by atoms with E-state index in [9.17, 15) is 0 Å². The number of nitrogens with one attached hydrogen (secondary N) is 1.